The predicted octanol–water partition coefficient (Wildman–Crippen LogP) is 5.54. The van der Waals surface area contributed by atoms with Crippen molar-refractivity contribution in [2.45, 2.75) is 6.92 Å². The van der Waals surface area contributed by atoms with E-state index < -0.39 is 0 Å². The van der Waals surface area contributed by atoms with Crippen molar-refractivity contribution < 1.29 is 4.79 Å². The summed E-state index contributed by atoms with van der Waals surface area (Å²) < 4.78 is 0.983. The van der Waals surface area contributed by atoms with Gasteiger partial charge in [0.05, 0.1) is 17.6 Å². The third-order valence-corrected chi connectivity index (χ3v) is 4.10. The van der Waals surface area contributed by atoms with Crippen LogP contribution in [0, 0.1) is 6.92 Å². The number of anilines is 4. The Morgan fingerprint density at radius 3 is 2.44 bits per heavy atom. The van der Waals surface area contributed by atoms with Gasteiger partial charge in [-0.25, -0.2) is 9.78 Å². The lowest BCUT2D eigenvalue weighted by Crippen LogP contribution is -2.19. The normalized spacial score (nSPS) is 10.2. The molecule has 3 rings (SSSR count). The van der Waals surface area contributed by atoms with Crippen LogP contribution in [0.3, 0.4) is 0 Å². The van der Waals surface area contributed by atoms with Crippen molar-refractivity contribution in [2.75, 3.05) is 16.0 Å². The van der Waals surface area contributed by atoms with Gasteiger partial charge in [0.1, 0.15) is 5.82 Å². The lowest BCUT2D eigenvalue weighted by Gasteiger charge is -2.10. The number of rotatable bonds is 4. The Morgan fingerprint density at radius 1 is 0.960 bits per heavy atom. The molecule has 2 aromatic carbocycles. The quantitative estimate of drug-likeness (QED) is 0.542. The zero-order valence-corrected chi connectivity index (χ0v) is 15.2. The summed E-state index contributed by atoms with van der Waals surface area (Å²) in [4.78, 5) is 16.2. The molecule has 126 valence electrons. The molecule has 0 fully saturated rings. The fraction of sp³-hybridized carbons (Fsp3) is 0.0526. The van der Waals surface area contributed by atoms with E-state index in [9.17, 15) is 4.79 Å². The molecule has 6 heteroatoms. The molecule has 5 nitrogen and oxygen atoms in total. The summed E-state index contributed by atoms with van der Waals surface area (Å²) in [5.74, 6) is 0.474. The summed E-state index contributed by atoms with van der Waals surface area (Å²) in [5, 5.41) is 8.73. The van der Waals surface area contributed by atoms with Crippen LogP contribution in [-0.2, 0) is 0 Å². The Hall–Kier alpha value is -2.86. The Labute approximate surface area is 154 Å². The number of para-hydroxylation sites is 1. The summed E-state index contributed by atoms with van der Waals surface area (Å²) in [6.45, 7) is 2.04. The maximum Gasteiger partial charge on any atom is 0.324 e. The molecule has 0 spiro atoms. The number of urea groups is 1. The number of pyridine rings is 1. The fourth-order valence-corrected chi connectivity index (χ4v) is 2.81. The first-order valence-electron chi connectivity index (χ1n) is 7.72. The highest BCUT2D eigenvalue weighted by atomic mass is 79.9. The maximum absolute atomic E-state index is 12.0. The van der Waals surface area contributed by atoms with Gasteiger partial charge in [0.25, 0.3) is 0 Å². The molecule has 25 heavy (non-hydrogen) atoms. The number of carbonyl (C=O) groups is 1. The average molecular weight is 397 g/mol. The lowest BCUT2D eigenvalue weighted by molar-refractivity contribution is 0.262. The summed E-state index contributed by atoms with van der Waals surface area (Å²) >= 11 is 3.54. The molecular formula is C19H17BrN4O. The standard InChI is InChI=1S/C19H17BrN4O/c1-13-7-9-17(16(20)11-13)22-15-8-10-18(21-12-15)24-19(25)23-14-5-3-2-4-6-14/h2-12,22H,1H3,(H2,21,23,24,25). The maximum atomic E-state index is 12.0. The van der Waals surface area contributed by atoms with Gasteiger partial charge in [-0.15, -0.1) is 0 Å². The molecule has 0 unspecified atom stereocenters. The van der Waals surface area contributed by atoms with Gasteiger partial charge in [-0.3, -0.25) is 5.32 Å². The second-order valence-corrected chi connectivity index (χ2v) is 6.34. The van der Waals surface area contributed by atoms with E-state index in [1.54, 1.807) is 12.3 Å². The zero-order chi connectivity index (χ0) is 17.6. The monoisotopic (exact) mass is 396 g/mol. The number of hydrogen-bond donors (Lipinski definition) is 3. The van der Waals surface area contributed by atoms with Gasteiger partial charge in [-0.2, -0.15) is 0 Å². The van der Waals surface area contributed by atoms with Gasteiger partial charge >= 0.3 is 6.03 Å². The molecule has 0 aliphatic carbocycles. The van der Waals surface area contributed by atoms with Crippen LogP contribution in [0.4, 0.5) is 27.7 Å². The Kier molecular flexibility index (Phi) is 5.30. The Morgan fingerprint density at radius 2 is 1.76 bits per heavy atom. The third kappa shape index (κ3) is 4.81. The van der Waals surface area contributed by atoms with E-state index >= 15 is 0 Å². The van der Waals surface area contributed by atoms with Crippen LogP contribution in [-0.4, -0.2) is 11.0 Å². The molecule has 1 heterocycles. The van der Waals surface area contributed by atoms with Crippen molar-refractivity contribution >= 4 is 44.8 Å². The molecule has 2 amide bonds. The third-order valence-electron chi connectivity index (χ3n) is 3.44. The molecule has 0 aliphatic rings. The second-order valence-electron chi connectivity index (χ2n) is 5.49. The average Bonchev–Trinajstić information content (AvgIpc) is 2.60. The first kappa shape index (κ1) is 17.0. The van der Waals surface area contributed by atoms with Crippen molar-refractivity contribution in [3.05, 3.63) is 76.9 Å². The highest BCUT2D eigenvalue weighted by Gasteiger charge is 2.05. The van der Waals surface area contributed by atoms with Crippen LogP contribution >= 0.6 is 15.9 Å². The van der Waals surface area contributed by atoms with Crippen LogP contribution in [0.15, 0.2) is 71.3 Å². The van der Waals surface area contributed by atoms with Crippen LogP contribution in [0.25, 0.3) is 0 Å². The number of benzene rings is 2. The second kappa shape index (κ2) is 7.81. The van der Waals surface area contributed by atoms with Crippen molar-refractivity contribution in [1.29, 1.82) is 0 Å². The molecule has 0 aliphatic heterocycles. The van der Waals surface area contributed by atoms with Crippen molar-refractivity contribution in [3.8, 4) is 0 Å². The van der Waals surface area contributed by atoms with Crippen LogP contribution in [0.1, 0.15) is 5.56 Å². The topological polar surface area (TPSA) is 66.0 Å². The summed E-state index contributed by atoms with van der Waals surface area (Å²) in [5.41, 5.74) is 3.69. The smallest absolute Gasteiger partial charge is 0.324 e. The molecule has 0 radical (unpaired) electrons. The molecule has 1 aromatic heterocycles. The highest BCUT2D eigenvalue weighted by Crippen LogP contribution is 2.26. The molecule has 0 saturated heterocycles. The summed E-state index contributed by atoms with van der Waals surface area (Å²) in [6, 6.07) is 18.6. The van der Waals surface area contributed by atoms with E-state index in [4.69, 9.17) is 0 Å². The van der Waals surface area contributed by atoms with E-state index in [1.165, 1.54) is 5.56 Å². The number of nitrogens with zero attached hydrogens (tertiary/aromatic N) is 1. The molecule has 0 bridgehead atoms. The molecular weight excluding hydrogens is 380 g/mol. The van der Waals surface area contributed by atoms with Gasteiger partial charge < -0.3 is 10.6 Å². The fourth-order valence-electron chi connectivity index (χ4n) is 2.22. The number of hydrogen-bond acceptors (Lipinski definition) is 3. The Bertz CT molecular complexity index is 866. The molecule has 3 N–H and O–H groups in total. The Balaban J connectivity index is 1.61. The lowest BCUT2D eigenvalue weighted by atomic mass is 10.2. The summed E-state index contributed by atoms with van der Waals surface area (Å²) in [6.07, 6.45) is 1.67. The van der Waals surface area contributed by atoms with Gasteiger partial charge in [-0.05, 0) is 64.8 Å². The number of halogens is 1. The first-order chi connectivity index (χ1) is 12.1. The largest absolute Gasteiger partial charge is 0.353 e. The number of aromatic nitrogens is 1. The molecule has 3 aromatic rings. The summed E-state index contributed by atoms with van der Waals surface area (Å²) in [7, 11) is 0. The van der Waals surface area contributed by atoms with E-state index in [-0.39, 0.29) is 6.03 Å². The first-order valence-corrected chi connectivity index (χ1v) is 8.52. The van der Waals surface area contributed by atoms with Crippen molar-refractivity contribution in [2.24, 2.45) is 0 Å². The van der Waals surface area contributed by atoms with E-state index in [0.717, 1.165) is 21.5 Å². The number of nitrogens with one attached hydrogen (secondary N) is 3. The van der Waals surface area contributed by atoms with E-state index in [2.05, 4.69) is 36.9 Å². The molecule has 0 saturated carbocycles. The van der Waals surface area contributed by atoms with Gasteiger partial charge in [0.15, 0.2) is 0 Å². The van der Waals surface area contributed by atoms with E-state index in [1.807, 2.05) is 61.5 Å². The predicted molar refractivity (Wildman–Crippen MR) is 105 cm³/mol. The van der Waals surface area contributed by atoms with Gasteiger partial charge in [-0.1, -0.05) is 24.3 Å². The number of aryl methyl sites for hydroxylation is 1. The molecule has 0 atom stereocenters. The van der Waals surface area contributed by atoms with Crippen LogP contribution in [0.2, 0.25) is 0 Å². The van der Waals surface area contributed by atoms with Gasteiger partial charge in [0.2, 0.25) is 0 Å². The minimum Gasteiger partial charge on any atom is -0.353 e. The minimum atomic E-state index is -0.333. The van der Waals surface area contributed by atoms with Crippen LogP contribution < -0.4 is 16.0 Å². The van der Waals surface area contributed by atoms with Crippen molar-refractivity contribution in [1.82, 2.24) is 4.98 Å². The minimum absolute atomic E-state index is 0.333. The van der Waals surface area contributed by atoms with Crippen LogP contribution in [0.5, 0.6) is 0 Å². The SMILES string of the molecule is Cc1ccc(Nc2ccc(NC(=O)Nc3ccccc3)nc2)c(Br)c1. The van der Waals surface area contributed by atoms with Crippen molar-refractivity contribution in [3.63, 3.8) is 0 Å². The van der Waals surface area contributed by atoms with Gasteiger partial charge in [0, 0.05) is 10.2 Å². The zero-order valence-electron chi connectivity index (χ0n) is 13.6. The number of carbonyl (C=O) groups excluding carboxylic acids is 1. The number of amides is 2. The van der Waals surface area contributed by atoms with E-state index in [0.29, 0.717) is 5.82 Å². The highest BCUT2D eigenvalue weighted by molar-refractivity contribution is 9.10.